The number of rotatable bonds is 9. The van der Waals surface area contributed by atoms with Gasteiger partial charge in [0.05, 0.1) is 6.61 Å². The Kier molecular flexibility index (Phi) is 7.97. The molecule has 3 nitrogen and oxygen atoms in total. The Labute approximate surface area is 189 Å². The van der Waals surface area contributed by atoms with Gasteiger partial charge in [-0.15, -0.1) is 0 Å². The zero-order chi connectivity index (χ0) is 21.5. The molecular formula is C26H31FN2OS. The summed E-state index contributed by atoms with van der Waals surface area (Å²) in [6, 6.07) is 22.1. The van der Waals surface area contributed by atoms with Crippen LogP contribution >= 0.6 is 11.9 Å². The molecule has 1 saturated heterocycles. The van der Waals surface area contributed by atoms with Gasteiger partial charge in [-0.25, -0.2) is 8.70 Å². The first kappa shape index (κ1) is 22.3. The molecule has 0 radical (unpaired) electrons. The van der Waals surface area contributed by atoms with Crippen LogP contribution in [0.1, 0.15) is 18.4 Å². The first-order valence-electron chi connectivity index (χ1n) is 11.1. The van der Waals surface area contributed by atoms with Gasteiger partial charge < -0.3 is 4.74 Å². The molecule has 0 bridgehead atoms. The predicted octanol–water partition coefficient (Wildman–Crippen LogP) is 5.85. The number of halogens is 1. The number of piperidine rings is 1. The first-order chi connectivity index (χ1) is 15.2. The highest BCUT2D eigenvalue weighted by atomic mass is 32.2. The van der Waals surface area contributed by atoms with Gasteiger partial charge >= 0.3 is 0 Å². The molecule has 0 aliphatic carbocycles. The van der Waals surface area contributed by atoms with Crippen LogP contribution in [0.3, 0.4) is 0 Å². The third-order valence-corrected chi connectivity index (χ3v) is 6.94. The van der Waals surface area contributed by atoms with E-state index in [1.54, 1.807) is 19.2 Å². The summed E-state index contributed by atoms with van der Waals surface area (Å²) >= 11 is 1.84. The molecule has 4 rings (SSSR count). The molecule has 1 fully saturated rings. The molecule has 1 aliphatic rings. The van der Waals surface area contributed by atoms with E-state index in [9.17, 15) is 4.39 Å². The van der Waals surface area contributed by atoms with Crippen molar-refractivity contribution in [2.45, 2.75) is 24.3 Å². The highest BCUT2D eigenvalue weighted by Gasteiger charge is 2.23. The van der Waals surface area contributed by atoms with Crippen LogP contribution in [-0.4, -0.2) is 49.1 Å². The number of benzene rings is 3. The molecule has 1 unspecified atom stereocenters. The largest absolute Gasteiger partial charge is 0.383 e. The van der Waals surface area contributed by atoms with Crippen molar-refractivity contribution in [2.75, 3.05) is 39.9 Å². The lowest BCUT2D eigenvalue weighted by Crippen LogP contribution is -2.39. The second kappa shape index (κ2) is 11.1. The summed E-state index contributed by atoms with van der Waals surface area (Å²) in [5.74, 6) is 0.457. The van der Waals surface area contributed by atoms with Crippen molar-refractivity contribution >= 4 is 22.7 Å². The normalized spacial score (nSPS) is 17.5. The minimum absolute atomic E-state index is 0.167. The topological polar surface area (TPSA) is 15.7 Å². The maximum atomic E-state index is 13.2. The fourth-order valence-electron chi connectivity index (χ4n) is 4.32. The van der Waals surface area contributed by atoms with Crippen molar-refractivity contribution in [2.24, 2.45) is 5.92 Å². The molecule has 3 aromatic carbocycles. The number of methoxy groups -OCH3 is 1. The Morgan fingerprint density at radius 3 is 2.68 bits per heavy atom. The van der Waals surface area contributed by atoms with E-state index in [2.05, 4.69) is 51.7 Å². The number of hydrogen-bond donors (Lipinski definition) is 0. The smallest absolute Gasteiger partial charge is 0.123 e. The van der Waals surface area contributed by atoms with Crippen molar-refractivity contribution in [1.82, 2.24) is 9.21 Å². The van der Waals surface area contributed by atoms with Crippen molar-refractivity contribution in [3.8, 4) is 0 Å². The fraction of sp³-hybridized carbons (Fsp3) is 0.385. The number of nitrogens with zero attached hydrogens (tertiary/aromatic N) is 2. The van der Waals surface area contributed by atoms with Crippen LogP contribution < -0.4 is 0 Å². The molecule has 0 N–H and O–H groups in total. The van der Waals surface area contributed by atoms with Crippen molar-refractivity contribution in [3.63, 3.8) is 0 Å². The summed E-state index contributed by atoms with van der Waals surface area (Å²) < 4.78 is 21.0. The molecule has 5 heteroatoms. The molecule has 31 heavy (non-hydrogen) atoms. The summed E-state index contributed by atoms with van der Waals surface area (Å²) in [6.45, 7) is 5.77. The van der Waals surface area contributed by atoms with Crippen molar-refractivity contribution < 1.29 is 9.13 Å². The Hall–Kier alpha value is -1.92. The lowest BCUT2D eigenvalue weighted by Gasteiger charge is -2.35. The van der Waals surface area contributed by atoms with Gasteiger partial charge in [0.2, 0.25) is 0 Å². The van der Waals surface area contributed by atoms with E-state index in [1.165, 1.54) is 34.1 Å². The number of ether oxygens (including phenoxy) is 1. The zero-order valence-electron chi connectivity index (χ0n) is 18.2. The van der Waals surface area contributed by atoms with Crippen LogP contribution in [0.4, 0.5) is 4.39 Å². The number of hydrogen-bond acceptors (Lipinski definition) is 4. The van der Waals surface area contributed by atoms with Crippen molar-refractivity contribution in [1.29, 1.82) is 0 Å². The van der Waals surface area contributed by atoms with Gasteiger partial charge in [-0.3, -0.25) is 4.90 Å². The molecular weight excluding hydrogens is 407 g/mol. The van der Waals surface area contributed by atoms with Gasteiger partial charge in [-0.2, -0.15) is 0 Å². The number of fused-ring (bicyclic) bond motifs is 1. The minimum atomic E-state index is -0.167. The molecule has 1 aliphatic heterocycles. The lowest BCUT2D eigenvalue weighted by molar-refractivity contribution is 0.139. The molecule has 0 saturated carbocycles. The minimum Gasteiger partial charge on any atom is -0.383 e. The van der Waals surface area contributed by atoms with Gasteiger partial charge in [0.15, 0.2) is 0 Å². The van der Waals surface area contributed by atoms with Gasteiger partial charge in [0, 0.05) is 38.2 Å². The Morgan fingerprint density at radius 1 is 1.06 bits per heavy atom. The summed E-state index contributed by atoms with van der Waals surface area (Å²) in [5.41, 5.74) is 1.18. The molecule has 0 amide bonds. The van der Waals surface area contributed by atoms with E-state index >= 15 is 0 Å². The highest BCUT2D eigenvalue weighted by Crippen LogP contribution is 2.29. The zero-order valence-corrected chi connectivity index (χ0v) is 19.0. The van der Waals surface area contributed by atoms with Crippen LogP contribution in [0.5, 0.6) is 0 Å². The average molecular weight is 439 g/mol. The van der Waals surface area contributed by atoms with Gasteiger partial charge in [0.1, 0.15) is 5.82 Å². The summed E-state index contributed by atoms with van der Waals surface area (Å²) in [4.78, 5) is 3.78. The van der Waals surface area contributed by atoms with Crippen LogP contribution in [0.2, 0.25) is 0 Å². The van der Waals surface area contributed by atoms with E-state index in [0.29, 0.717) is 5.92 Å². The molecule has 1 atom stereocenters. The van der Waals surface area contributed by atoms with Crippen LogP contribution in [0.15, 0.2) is 71.6 Å². The van der Waals surface area contributed by atoms with E-state index in [1.807, 2.05) is 24.1 Å². The van der Waals surface area contributed by atoms with Crippen molar-refractivity contribution in [3.05, 3.63) is 78.1 Å². The monoisotopic (exact) mass is 438 g/mol. The first-order valence-corrected chi connectivity index (χ1v) is 11.8. The molecule has 0 aromatic heterocycles. The van der Waals surface area contributed by atoms with E-state index < -0.39 is 0 Å². The maximum absolute atomic E-state index is 13.2. The molecule has 0 spiro atoms. The van der Waals surface area contributed by atoms with Gasteiger partial charge in [0.25, 0.3) is 0 Å². The molecule has 164 valence electrons. The van der Waals surface area contributed by atoms with Crippen LogP contribution in [-0.2, 0) is 11.3 Å². The standard InChI is InChI=1S/C26H31FN2OS/c1-30-16-15-29(31-26-13-10-23-6-2-3-7-24(23)17-26)20-22-5-4-14-28(19-22)18-21-8-11-25(27)12-9-21/h2-3,6-13,17,22H,4-5,14-16,18-20H2,1H3. The summed E-state index contributed by atoms with van der Waals surface area (Å²) in [7, 11) is 1.77. The quantitative estimate of drug-likeness (QED) is 0.390. The van der Waals surface area contributed by atoms with Gasteiger partial charge in [-0.05, 0) is 77.9 Å². The molecule has 3 aromatic rings. The summed E-state index contributed by atoms with van der Waals surface area (Å²) in [6.07, 6.45) is 2.46. The van der Waals surface area contributed by atoms with Crippen LogP contribution in [0.25, 0.3) is 10.8 Å². The average Bonchev–Trinajstić information content (AvgIpc) is 2.79. The van der Waals surface area contributed by atoms with E-state index in [4.69, 9.17) is 4.74 Å². The van der Waals surface area contributed by atoms with Crippen LogP contribution in [0, 0.1) is 11.7 Å². The Balaban J connectivity index is 1.38. The maximum Gasteiger partial charge on any atom is 0.123 e. The fourth-order valence-corrected chi connectivity index (χ4v) is 5.38. The second-order valence-corrected chi connectivity index (χ2v) is 9.52. The highest BCUT2D eigenvalue weighted by molar-refractivity contribution is 7.97. The van der Waals surface area contributed by atoms with E-state index in [-0.39, 0.29) is 5.82 Å². The lowest BCUT2D eigenvalue weighted by atomic mass is 9.97. The Morgan fingerprint density at radius 2 is 1.87 bits per heavy atom. The second-order valence-electron chi connectivity index (χ2n) is 8.35. The third kappa shape index (κ3) is 6.53. The SMILES string of the molecule is COCCN(CC1CCCN(Cc2ccc(F)cc2)C1)Sc1ccc2ccccc2c1. The van der Waals surface area contributed by atoms with Gasteiger partial charge in [-0.1, -0.05) is 42.5 Å². The van der Waals surface area contributed by atoms with E-state index in [0.717, 1.165) is 39.3 Å². The summed E-state index contributed by atoms with van der Waals surface area (Å²) in [5, 5.41) is 2.56. The predicted molar refractivity (Wildman–Crippen MR) is 128 cm³/mol. The molecule has 1 heterocycles. The number of likely N-dealkylation sites (tertiary alicyclic amines) is 1. The Bertz CT molecular complexity index is 965. The third-order valence-electron chi connectivity index (χ3n) is 5.88.